The maximum Gasteiger partial charge on any atom is 0.299 e. The molecule has 1 aliphatic rings. The third-order valence-corrected chi connectivity index (χ3v) is 4.33. The lowest BCUT2D eigenvalue weighted by molar-refractivity contribution is -0.114. The Morgan fingerprint density at radius 2 is 1.87 bits per heavy atom. The standard InChI is InChI=1S/C18H16ClNO3/c1-11-4-3-5-14-16(11)20(18(22)17(14)21)8-9-23-13-6-7-15(19)12(2)10-13/h3-7,10H,8-9H2,1-2H3. The van der Waals surface area contributed by atoms with Crippen molar-refractivity contribution >= 4 is 29.0 Å². The molecule has 1 aliphatic heterocycles. The summed E-state index contributed by atoms with van der Waals surface area (Å²) in [5.74, 6) is -0.258. The van der Waals surface area contributed by atoms with Gasteiger partial charge >= 0.3 is 0 Å². The van der Waals surface area contributed by atoms with Crippen molar-refractivity contribution in [1.82, 2.24) is 0 Å². The topological polar surface area (TPSA) is 46.6 Å². The molecule has 2 aromatic rings. The molecule has 23 heavy (non-hydrogen) atoms. The van der Waals surface area contributed by atoms with Crippen molar-refractivity contribution in [2.24, 2.45) is 0 Å². The molecule has 1 heterocycles. The predicted molar refractivity (Wildman–Crippen MR) is 89.5 cm³/mol. The maximum atomic E-state index is 12.2. The zero-order valence-corrected chi connectivity index (χ0v) is 13.7. The van der Waals surface area contributed by atoms with Crippen molar-refractivity contribution in [3.8, 4) is 5.75 Å². The largest absolute Gasteiger partial charge is 0.492 e. The fourth-order valence-electron chi connectivity index (χ4n) is 2.71. The molecule has 0 fully saturated rings. The Labute approximate surface area is 139 Å². The summed E-state index contributed by atoms with van der Waals surface area (Å²) in [6.07, 6.45) is 0. The first kappa shape index (κ1) is 15.6. The van der Waals surface area contributed by atoms with E-state index in [9.17, 15) is 9.59 Å². The van der Waals surface area contributed by atoms with Gasteiger partial charge in [0.25, 0.3) is 11.7 Å². The van der Waals surface area contributed by atoms with Crippen molar-refractivity contribution in [1.29, 1.82) is 0 Å². The zero-order valence-electron chi connectivity index (χ0n) is 12.9. The van der Waals surface area contributed by atoms with E-state index in [2.05, 4.69) is 0 Å². The smallest absolute Gasteiger partial charge is 0.299 e. The molecule has 0 radical (unpaired) electrons. The van der Waals surface area contributed by atoms with Gasteiger partial charge in [-0.3, -0.25) is 9.59 Å². The first-order valence-electron chi connectivity index (χ1n) is 7.34. The summed E-state index contributed by atoms with van der Waals surface area (Å²) >= 11 is 5.98. The Bertz CT molecular complexity index is 801. The lowest BCUT2D eigenvalue weighted by atomic mass is 10.1. The van der Waals surface area contributed by atoms with Crippen molar-refractivity contribution in [3.05, 3.63) is 58.1 Å². The third kappa shape index (κ3) is 2.82. The number of hydrogen-bond acceptors (Lipinski definition) is 3. The number of benzene rings is 2. The number of anilines is 1. The Morgan fingerprint density at radius 1 is 1.09 bits per heavy atom. The molecule has 0 bridgehead atoms. The maximum absolute atomic E-state index is 12.2. The van der Waals surface area contributed by atoms with E-state index in [1.165, 1.54) is 4.90 Å². The van der Waals surface area contributed by atoms with Crippen LogP contribution in [0.2, 0.25) is 5.02 Å². The highest BCUT2D eigenvalue weighted by molar-refractivity contribution is 6.52. The number of Topliss-reactive ketones (excluding diaryl/α,β-unsaturated/α-hetero) is 1. The van der Waals surface area contributed by atoms with Gasteiger partial charge in [-0.05, 0) is 49.2 Å². The van der Waals surface area contributed by atoms with E-state index in [-0.39, 0.29) is 0 Å². The molecule has 0 atom stereocenters. The predicted octanol–water partition coefficient (Wildman–Crippen LogP) is 3.57. The van der Waals surface area contributed by atoms with Crippen molar-refractivity contribution in [2.45, 2.75) is 13.8 Å². The quantitative estimate of drug-likeness (QED) is 0.806. The van der Waals surface area contributed by atoms with E-state index < -0.39 is 11.7 Å². The molecule has 0 saturated heterocycles. The van der Waals surface area contributed by atoms with Crippen LogP contribution in [-0.4, -0.2) is 24.8 Å². The molecule has 0 unspecified atom stereocenters. The van der Waals surface area contributed by atoms with Crippen LogP contribution in [0.15, 0.2) is 36.4 Å². The number of nitrogens with zero attached hydrogens (tertiary/aromatic N) is 1. The number of para-hydroxylation sites is 1. The minimum absolute atomic E-state index is 0.299. The van der Waals surface area contributed by atoms with Gasteiger partial charge < -0.3 is 9.64 Å². The highest BCUT2D eigenvalue weighted by Crippen LogP contribution is 2.32. The monoisotopic (exact) mass is 329 g/mol. The second kappa shape index (κ2) is 6.05. The first-order chi connectivity index (χ1) is 11.0. The van der Waals surface area contributed by atoms with Crippen LogP contribution in [0.25, 0.3) is 0 Å². The molecular formula is C18H16ClNO3. The van der Waals surface area contributed by atoms with Crippen LogP contribution >= 0.6 is 11.6 Å². The van der Waals surface area contributed by atoms with Gasteiger partial charge in [0, 0.05) is 5.02 Å². The number of aryl methyl sites for hydroxylation is 2. The van der Waals surface area contributed by atoms with Crippen LogP contribution in [-0.2, 0) is 4.79 Å². The average molecular weight is 330 g/mol. The number of rotatable bonds is 4. The summed E-state index contributed by atoms with van der Waals surface area (Å²) in [5.41, 5.74) is 3.00. The van der Waals surface area contributed by atoms with E-state index in [0.29, 0.717) is 35.2 Å². The average Bonchev–Trinajstić information content (AvgIpc) is 2.77. The lowest BCUT2D eigenvalue weighted by Crippen LogP contribution is -2.33. The number of fused-ring (bicyclic) bond motifs is 1. The fourth-order valence-corrected chi connectivity index (χ4v) is 2.83. The summed E-state index contributed by atoms with van der Waals surface area (Å²) in [7, 11) is 0. The van der Waals surface area contributed by atoms with E-state index in [1.807, 2.05) is 26.0 Å². The minimum atomic E-state index is -0.495. The molecule has 0 spiro atoms. The minimum Gasteiger partial charge on any atom is -0.492 e. The number of ether oxygens (including phenoxy) is 1. The van der Waals surface area contributed by atoms with Gasteiger partial charge in [-0.25, -0.2) is 0 Å². The molecule has 3 rings (SSSR count). The van der Waals surface area contributed by atoms with E-state index in [1.54, 1.807) is 24.3 Å². The lowest BCUT2D eigenvalue weighted by Gasteiger charge is -2.18. The van der Waals surface area contributed by atoms with Gasteiger partial charge in [-0.1, -0.05) is 23.7 Å². The number of amides is 1. The number of ketones is 1. The van der Waals surface area contributed by atoms with E-state index in [4.69, 9.17) is 16.3 Å². The molecule has 2 aromatic carbocycles. The van der Waals surface area contributed by atoms with Crippen LogP contribution in [0.3, 0.4) is 0 Å². The molecule has 4 nitrogen and oxygen atoms in total. The summed E-state index contributed by atoms with van der Waals surface area (Å²) in [6, 6.07) is 10.8. The van der Waals surface area contributed by atoms with E-state index in [0.717, 1.165) is 11.1 Å². The van der Waals surface area contributed by atoms with Gasteiger partial charge in [0.05, 0.1) is 17.8 Å². The van der Waals surface area contributed by atoms with Crippen molar-refractivity contribution in [3.63, 3.8) is 0 Å². The summed E-state index contributed by atoms with van der Waals surface area (Å²) in [5, 5.41) is 0.683. The number of carbonyl (C=O) groups is 2. The van der Waals surface area contributed by atoms with Gasteiger partial charge in [-0.2, -0.15) is 0 Å². The fraction of sp³-hybridized carbons (Fsp3) is 0.222. The van der Waals surface area contributed by atoms with E-state index >= 15 is 0 Å². The number of carbonyl (C=O) groups excluding carboxylic acids is 2. The third-order valence-electron chi connectivity index (χ3n) is 3.90. The highest BCUT2D eigenvalue weighted by atomic mass is 35.5. The molecule has 0 saturated carbocycles. The second-order valence-electron chi connectivity index (χ2n) is 5.52. The molecule has 118 valence electrons. The van der Waals surface area contributed by atoms with Crippen LogP contribution < -0.4 is 9.64 Å². The summed E-state index contributed by atoms with van der Waals surface area (Å²) < 4.78 is 5.68. The number of halogens is 1. The van der Waals surface area contributed by atoms with Crippen molar-refractivity contribution in [2.75, 3.05) is 18.1 Å². The SMILES string of the molecule is Cc1cc(OCCN2C(=O)C(=O)c3cccc(C)c32)ccc1Cl. The Kier molecular flexibility index (Phi) is 4.09. The number of hydrogen-bond donors (Lipinski definition) is 0. The van der Waals surface area contributed by atoms with Crippen LogP contribution in [0.4, 0.5) is 5.69 Å². The Hall–Kier alpha value is -2.33. The zero-order chi connectivity index (χ0) is 16.6. The molecule has 0 aliphatic carbocycles. The normalized spacial score (nSPS) is 13.4. The van der Waals surface area contributed by atoms with Crippen LogP contribution in [0, 0.1) is 13.8 Å². The second-order valence-corrected chi connectivity index (χ2v) is 5.92. The Morgan fingerprint density at radius 3 is 2.61 bits per heavy atom. The van der Waals surface area contributed by atoms with Crippen molar-refractivity contribution < 1.29 is 14.3 Å². The molecule has 5 heteroatoms. The van der Waals surface area contributed by atoms with Gasteiger partial charge in [0.15, 0.2) is 0 Å². The van der Waals surface area contributed by atoms with Gasteiger partial charge in [0.1, 0.15) is 12.4 Å². The first-order valence-corrected chi connectivity index (χ1v) is 7.71. The Balaban J connectivity index is 1.73. The molecular weight excluding hydrogens is 314 g/mol. The van der Waals surface area contributed by atoms with Gasteiger partial charge in [-0.15, -0.1) is 0 Å². The van der Waals surface area contributed by atoms with Crippen LogP contribution in [0.1, 0.15) is 21.5 Å². The highest BCUT2D eigenvalue weighted by Gasteiger charge is 2.36. The molecule has 0 aromatic heterocycles. The summed E-state index contributed by atoms with van der Waals surface area (Å²) in [6.45, 7) is 4.41. The van der Waals surface area contributed by atoms with Crippen LogP contribution in [0.5, 0.6) is 5.75 Å². The summed E-state index contributed by atoms with van der Waals surface area (Å²) in [4.78, 5) is 25.7. The van der Waals surface area contributed by atoms with Gasteiger partial charge in [0.2, 0.25) is 0 Å². The molecule has 0 N–H and O–H groups in total. The molecule has 1 amide bonds.